The van der Waals surface area contributed by atoms with Crippen LogP contribution in [0.25, 0.3) is 0 Å². The summed E-state index contributed by atoms with van der Waals surface area (Å²) in [6, 6.07) is 0. The molecule has 0 amide bonds. The van der Waals surface area contributed by atoms with Crippen LogP contribution < -0.4 is 4.57 Å². The molecule has 0 saturated carbocycles. The Labute approximate surface area is 59.7 Å². The molecule has 0 aromatic carbocycles. The first kappa shape index (κ1) is 6.62. The molecule has 2 nitrogen and oxygen atoms in total. The molecule has 0 N–H and O–H groups in total. The van der Waals surface area contributed by atoms with E-state index in [4.69, 9.17) is 11.6 Å². The highest BCUT2D eigenvalue weighted by Gasteiger charge is 1.95. The van der Waals surface area contributed by atoms with Gasteiger partial charge in [-0.05, 0) is 0 Å². The molecular weight excluding hydrogens is 136 g/mol. The van der Waals surface area contributed by atoms with Crippen LogP contribution in [0.1, 0.15) is 0 Å². The molecule has 9 heavy (non-hydrogen) atoms. The van der Waals surface area contributed by atoms with Crippen LogP contribution in [0, 0.1) is 0 Å². The molecule has 0 bridgehead atoms. The molecule has 1 heterocycles. The summed E-state index contributed by atoms with van der Waals surface area (Å²) < 4.78 is 4.04. The number of nitrogens with zero attached hydrogens (tertiary/aromatic N) is 2. The molecular formula is C6H10ClN2+. The maximum atomic E-state index is 5.52. The van der Waals surface area contributed by atoms with E-state index in [-0.39, 0.29) is 0 Å². The Morgan fingerprint density at radius 1 is 1.67 bits per heavy atom. The number of imidazole rings is 1. The van der Waals surface area contributed by atoms with Crippen molar-refractivity contribution >= 4 is 11.6 Å². The van der Waals surface area contributed by atoms with Crippen LogP contribution >= 0.6 is 11.6 Å². The molecule has 0 atom stereocenters. The van der Waals surface area contributed by atoms with Crippen molar-refractivity contribution in [2.24, 2.45) is 7.05 Å². The molecule has 0 saturated heterocycles. The second kappa shape index (κ2) is 2.87. The van der Waals surface area contributed by atoms with Crippen molar-refractivity contribution < 1.29 is 4.57 Å². The molecule has 0 aliphatic carbocycles. The van der Waals surface area contributed by atoms with E-state index in [1.165, 1.54) is 0 Å². The molecule has 3 heteroatoms. The van der Waals surface area contributed by atoms with Crippen LogP contribution in [0.5, 0.6) is 0 Å². The minimum absolute atomic E-state index is 0.675. The van der Waals surface area contributed by atoms with Crippen molar-refractivity contribution in [3.8, 4) is 0 Å². The molecule has 0 unspecified atom stereocenters. The summed E-state index contributed by atoms with van der Waals surface area (Å²) in [5.74, 6) is 0.675. The summed E-state index contributed by atoms with van der Waals surface area (Å²) in [6.45, 7) is 0.891. The standard InChI is InChI=1S/C6H10ClN2/c1-8-4-5-9(6-8)3-2-7/h4-6H,2-3H2,1H3/q+1. The zero-order chi connectivity index (χ0) is 6.69. The third-order valence-corrected chi connectivity index (χ3v) is 1.34. The molecule has 1 rings (SSSR count). The van der Waals surface area contributed by atoms with Gasteiger partial charge in [0.1, 0.15) is 18.9 Å². The minimum atomic E-state index is 0.675. The number of rotatable bonds is 2. The van der Waals surface area contributed by atoms with Gasteiger partial charge in [-0.3, -0.25) is 0 Å². The number of alkyl halides is 1. The van der Waals surface area contributed by atoms with E-state index < -0.39 is 0 Å². The first-order chi connectivity index (χ1) is 4.33. The fourth-order valence-electron chi connectivity index (χ4n) is 0.732. The van der Waals surface area contributed by atoms with Gasteiger partial charge in [0.05, 0.1) is 12.9 Å². The Balaban J connectivity index is 2.61. The van der Waals surface area contributed by atoms with E-state index in [0.717, 1.165) is 6.54 Å². The van der Waals surface area contributed by atoms with Gasteiger partial charge in [0.15, 0.2) is 0 Å². The Morgan fingerprint density at radius 3 is 2.89 bits per heavy atom. The number of hydrogen-bond acceptors (Lipinski definition) is 0. The largest absolute Gasteiger partial charge is 0.243 e. The van der Waals surface area contributed by atoms with Crippen molar-refractivity contribution in [1.82, 2.24) is 4.57 Å². The lowest BCUT2D eigenvalue weighted by Crippen LogP contribution is -2.23. The van der Waals surface area contributed by atoms with Crippen molar-refractivity contribution in [1.29, 1.82) is 0 Å². The van der Waals surface area contributed by atoms with Crippen molar-refractivity contribution in [2.75, 3.05) is 5.88 Å². The molecule has 50 valence electrons. The van der Waals surface area contributed by atoms with Gasteiger partial charge < -0.3 is 0 Å². The van der Waals surface area contributed by atoms with E-state index in [2.05, 4.69) is 0 Å². The van der Waals surface area contributed by atoms with Gasteiger partial charge in [0, 0.05) is 0 Å². The van der Waals surface area contributed by atoms with Crippen molar-refractivity contribution in [3.05, 3.63) is 18.7 Å². The number of halogens is 1. The third-order valence-electron chi connectivity index (χ3n) is 1.17. The molecule has 0 spiro atoms. The van der Waals surface area contributed by atoms with Gasteiger partial charge in [-0.15, -0.1) is 11.6 Å². The predicted octanol–water partition coefficient (Wildman–Crippen LogP) is 0.551. The number of aryl methyl sites for hydroxylation is 2. The lowest BCUT2D eigenvalue weighted by atomic mass is 10.7. The normalized spacial score (nSPS) is 10.0. The minimum Gasteiger partial charge on any atom is -0.240 e. The number of aromatic nitrogens is 2. The maximum Gasteiger partial charge on any atom is 0.243 e. The first-order valence-electron chi connectivity index (χ1n) is 2.90. The van der Waals surface area contributed by atoms with Gasteiger partial charge in [-0.25, -0.2) is 9.13 Å². The fraction of sp³-hybridized carbons (Fsp3) is 0.500. The summed E-state index contributed by atoms with van der Waals surface area (Å²) >= 11 is 5.52. The van der Waals surface area contributed by atoms with Crippen molar-refractivity contribution in [3.63, 3.8) is 0 Å². The van der Waals surface area contributed by atoms with E-state index in [0.29, 0.717) is 5.88 Å². The monoisotopic (exact) mass is 145 g/mol. The second-order valence-corrected chi connectivity index (χ2v) is 2.38. The lowest BCUT2D eigenvalue weighted by molar-refractivity contribution is -0.671. The highest BCUT2D eigenvalue weighted by atomic mass is 35.5. The fourth-order valence-corrected chi connectivity index (χ4v) is 0.927. The quantitative estimate of drug-likeness (QED) is 0.425. The zero-order valence-corrected chi connectivity index (χ0v) is 6.17. The summed E-state index contributed by atoms with van der Waals surface area (Å²) in [5.41, 5.74) is 0. The van der Waals surface area contributed by atoms with Gasteiger partial charge in [-0.1, -0.05) is 0 Å². The van der Waals surface area contributed by atoms with Crippen LogP contribution in [0.15, 0.2) is 18.7 Å². The molecule has 1 aromatic rings. The van der Waals surface area contributed by atoms with E-state index in [9.17, 15) is 0 Å². The Morgan fingerprint density at radius 2 is 2.44 bits per heavy atom. The molecule has 1 aromatic heterocycles. The first-order valence-corrected chi connectivity index (χ1v) is 3.43. The summed E-state index contributed by atoms with van der Waals surface area (Å²) in [6.07, 6.45) is 6.00. The number of hydrogen-bond donors (Lipinski definition) is 0. The molecule has 0 fully saturated rings. The second-order valence-electron chi connectivity index (χ2n) is 2.01. The van der Waals surface area contributed by atoms with Gasteiger partial charge in [-0.2, -0.15) is 0 Å². The highest BCUT2D eigenvalue weighted by Crippen LogP contribution is 1.84. The average molecular weight is 146 g/mol. The van der Waals surface area contributed by atoms with Crippen LogP contribution in [-0.4, -0.2) is 10.4 Å². The SMILES string of the molecule is C[n+]1ccn(CCCl)c1. The third kappa shape index (κ3) is 1.72. The summed E-state index contributed by atoms with van der Waals surface area (Å²) in [4.78, 5) is 0. The topological polar surface area (TPSA) is 8.81 Å². The van der Waals surface area contributed by atoms with E-state index >= 15 is 0 Å². The van der Waals surface area contributed by atoms with Crippen molar-refractivity contribution in [2.45, 2.75) is 6.54 Å². The predicted molar refractivity (Wildman–Crippen MR) is 36.3 cm³/mol. The lowest BCUT2D eigenvalue weighted by Gasteiger charge is -1.85. The van der Waals surface area contributed by atoms with Gasteiger partial charge >= 0.3 is 0 Å². The van der Waals surface area contributed by atoms with Gasteiger partial charge in [0.25, 0.3) is 0 Å². The van der Waals surface area contributed by atoms with E-state index in [1.54, 1.807) is 0 Å². The van der Waals surface area contributed by atoms with Gasteiger partial charge in [0.2, 0.25) is 6.33 Å². The molecule has 0 radical (unpaired) electrons. The Bertz CT molecular complexity index is 183. The van der Waals surface area contributed by atoms with Crippen LogP contribution in [0.4, 0.5) is 0 Å². The average Bonchev–Trinajstić information content (AvgIpc) is 2.17. The summed E-state index contributed by atoms with van der Waals surface area (Å²) in [5, 5.41) is 0. The van der Waals surface area contributed by atoms with Crippen LogP contribution in [0.3, 0.4) is 0 Å². The van der Waals surface area contributed by atoms with E-state index in [1.807, 2.05) is 34.9 Å². The highest BCUT2D eigenvalue weighted by molar-refractivity contribution is 6.17. The van der Waals surface area contributed by atoms with Crippen LogP contribution in [0.2, 0.25) is 0 Å². The molecule has 0 aliphatic rings. The zero-order valence-electron chi connectivity index (χ0n) is 5.42. The summed E-state index contributed by atoms with van der Waals surface area (Å²) in [7, 11) is 1.99. The maximum absolute atomic E-state index is 5.52. The smallest absolute Gasteiger partial charge is 0.240 e. The Hall–Kier alpha value is -0.500. The molecule has 0 aliphatic heterocycles. The Kier molecular flexibility index (Phi) is 2.11. The van der Waals surface area contributed by atoms with Crippen LogP contribution in [-0.2, 0) is 13.6 Å².